The number of benzene rings is 3. The summed E-state index contributed by atoms with van der Waals surface area (Å²) in [6.07, 6.45) is 5.46. The lowest BCUT2D eigenvalue weighted by molar-refractivity contribution is -0.141. The minimum atomic E-state index is -0.626. The van der Waals surface area contributed by atoms with Crippen LogP contribution in [0.1, 0.15) is 49.7 Å². The molecule has 1 aliphatic carbocycles. The zero-order chi connectivity index (χ0) is 27.5. The lowest BCUT2D eigenvalue weighted by Gasteiger charge is -2.32. The molecular weight excluding hydrogens is 512 g/mol. The fourth-order valence-electron chi connectivity index (χ4n) is 4.94. The molecule has 0 heterocycles. The molecule has 0 unspecified atom stereocenters. The molecule has 0 radical (unpaired) electrons. The number of carbonyl (C=O) groups is 2. The molecule has 1 atom stereocenters. The number of nitrogens with zero attached hydrogens (tertiary/aromatic N) is 1. The number of ether oxygens (including phenoxy) is 2. The van der Waals surface area contributed by atoms with Crippen LogP contribution in [0.2, 0.25) is 5.02 Å². The minimum absolute atomic E-state index is 0.0780. The average Bonchev–Trinajstić information content (AvgIpc) is 3.48. The van der Waals surface area contributed by atoms with Crippen molar-refractivity contribution in [3.63, 3.8) is 0 Å². The molecule has 1 aliphatic rings. The molecule has 0 spiro atoms. The molecule has 3 aromatic rings. The Morgan fingerprint density at radius 2 is 1.59 bits per heavy atom. The number of rotatable bonds is 13. The third-order valence-electron chi connectivity index (χ3n) is 7.10. The summed E-state index contributed by atoms with van der Waals surface area (Å²) >= 11 is 6.11. The van der Waals surface area contributed by atoms with E-state index in [2.05, 4.69) is 5.32 Å². The standard InChI is InChI=1S/C32H37ClN2O4/c1-38-28-17-19-29(20-18-28)39-21-7-12-31(36)35(23-25-13-15-26(33)16-14-25)30(22-24-8-3-2-4-9-24)32(37)34-27-10-5-6-11-27/h2-4,8-9,13-20,27,30H,5-7,10-12,21-23H2,1H3,(H,34,37)/t30-/m1/s1. The SMILES string of the molecule is COc1ccc(OCCCC(=O)N(Cc2ccc(Cl)cc2)[C@H](Cc2ccccc2)C(=O)NC2CCCC2)cc1. The fraction of sp³-hybridized carbons (Fsp3) is 0.375. The predicted molar refractivity (Wildman–Crippen MR) is 154 cm³/mol. The summed E-state index contributed by atoms with van der Waals surface area (Å²) in [5.41, 5.74) is 1.94. The van der Waals surface area contributed by atoms with Crippen molar-refractivity contribution in [3.05, 3.63) is 95.0 Å². The summed E-state index contributed by atoms with van der Waals surface area (Å²) in [4.78, 5) is 29.2. The van der Waals surface area contributed by atoms with Gasteiger partial charge in [-0.15, -0.1) is 0 Å². The van der Waals surface area contributed by atoms with E-state index in [4.69, 9.17) is 21.1 Å². The Kier molecular flexibility index (Phi) is 10.7. The average molecular weight is 549 g/mol. The second kappa shape index (κ2) is 14.6. The Morgan fingerprint density at radius 1 is 0.923 bits per heavy atom. The Balaban J connectivity index is 1.49. The molecule has 0 aliphatic heterocycles. The van der Waals surface area contributed by atoms with E-state index in [9.17, 15) is 9.59 Å². The maximum Gasteiger partial charge on any atom is 0.243 e. The Bertz CT molecular complexity index is 1180. The molecule has 3 aromatic carbocycles. The van der Waals surface area contributed by atoms with E-state index in [1.807, 2.05) is 78.9 Å². The van der Waals surface area contributed by atoms with Gasteiger partial charge in [0.25, 0.3) is 0 Å². The van der Waals surface area contributed by atoms with Gasteiger partial charge in [-0.25, -0.2) is 0 Å². The summed E-state index contributed by atoms with van der Waals surface area (Å²) in [5, 5.41) is 3.87. The number of nitrogens with one attached hydrogen (secondary N) is 1. The third-order valence-corrected chi connectivity index (χ3v) is 7.35. The van der Waals surface area contributed by atoms with Gasteiger partial charge in [0.05, 0.1) is 13.7 Å². The molecule has 0 aromatic heterocycles. The van der Waals surface area contributed by atoms with Gasteiger partial charge in [0.15, 0.2) is 0 Å². The third kappa shape index (κ3) is 8.75. The van der Waals surface area contributed by atoms with Gasteiger partial charge in [-0.2, -0.15) is 0 Å². The molecule has 39 heavy (non-hydrogen) atoms. The van der Waals surface area contributed by atoms with Crippen molar-refractivity contribution in [1.82, 2.24) is 10.2 Å². The number of halogens is 1. The Hall–Kier alpha value is -3.51. The van der Waals surface area contributed by atoms with Crippen LogP contribution in [0, 0.1) is 0 Å². The number of amides is 2. The van der Waals surface area contributed by atoms with Crippen LogP contribution in [0.5, 0.6) is 11.5 Å². The predicted octanol–water partition coefficient (Wildman–Crippen LogP) is 6.21. The Labute approximate surface area is 236 Å². The van der Waals surface area contributed by atoms with Crippen molar-refractivity contribution in [2.24, 2.45) is 0 Å². The first-order valence-electron chi connectivity index (χ1n) is 13.7. The first-order valence-corrected chi connectivity index (χ1v) is 14.0. The van der Waals surface area contributed by atoms with Crippen LogP contribution in [0.25, 0.3) is 0 Å². The fourth-order valence-corrected chi connectivity index (χ4v) is 5.06. The van der Waals surface area contributed by atoms with E-state index >= 15 is 0 Å². The van der Waals surface area contributed by atoms with Crippen LogP contribution < -0.4 is 14.8 Å². The van der Waals surface area contributed by atoms with Crippen LogP contribution >= 0.6 is 11.6 Å². The highest BCUT2D eigenvalue weighted by molar-refractivity contribution is 6.30. The second-order valence-corrected chi connectivity index (χ2v) is 10.4. The van der Waals surface area contributed by atoms with Gasteiger partial charge < -0.3 is 19.7 Å². The summed E-state index contributed by atoms with van der Waals surface area (Å²) in [6.45, 7) is 0.718. The van der Waals surface area contributed by atoms with E-state index in [-0.39, 0.29) is 24.3 Å². The number of carbonyl (C=O) groups excluding carboxylic acids is 2. The second-order valence-electron chi connectivity index (χ2n) is 9.97. The molecule has 1 saturated carbocycles. The summed E-state index contributed by atoms with van der Waals surface area (Å²) < 4.78 is 11.0. The molecule has 6 nitrogen and oxygen atoms in total. The van der Waals surface area contributed by atoms with E-state index in [1.165, 1.54) is 0 Å². The normalized spacial score (nSPS) is 14.0. The van der Waals surface area contributed by atoms with E-state index in [0.29, 0.717) is 31.0 Å². The van der Waals surface area contributed by atoms with Crippen LogP contribution in [0.4, 0.5) is 0 Å². The maximum atomic E-state index is 13.7. The van der Waals surface area contributed by atoms with Crippen molar-refractivity contribution < 1.29 is 19.1 Å². The van der Waals surface area contributed by atoms with Crippen LogP contribution in [-0.2, 0) is 22.6 Å². The number of methoxy groups -OCH3 is 1. The van der Waals surface area contributed by atoms with Crippen molar-refractivity contribution in [1.29, 1.82) is 0 Å². The molecule has 0 bridgehead atoms. The molecule has 206 valence electrons. The molecule has 4 rings (SSSR count). The lowest BCUT2D eigenvalue weighted by Crippen LogP contribution is -2.52. The Morgan fingerprint density at radius 3 is 2.26 bits per heavy atom. The summed E-state index contributed by atoms with van der Waals surface area (Å²) in [5.74, 6) is 1.31. The monoisotopic (exact) mass is 548 g/mol. The van der Waals surface area contributed by atoms with Crippen molar-refractivity contribution in [3.8, 4) is 11.5 Å². The molecule has 1 fully saturated rings. The summed E-state index contributed by atoms with van der Waals surface area (Å²) in [6, 6.07) is 24.2. The van der Waals surface area contributed by atoms with Crippen LogP contribution in [-0.4, -0.2) is 42.5 Å². The van der Waals surface area contributed by atoms with E-state index in [1.54, 1.807) is 12.0 Å². The topological polar surface area (TPSA) is 67.9 Å². The molecule has 2 amide bonds. The van der Waals surface area contributed by atoms with Crippen LogP contribution in [0.15, 0.2) is 78.9 Å². The van der Waals surface area contributed by atoms with Gasteiger partial charge in [-0.3, -0.25) is 9.59 Å². The molecular formula is C32H37ClN2O4. The van der Waals surface area contributed by atoms with Gasteiger partial charge >= 0.3 is 0 Å². The van der Waals surface area contributed by atoms with E-state index in [0.717, 1.165) is 48.3 Å². The molecule has 7 heteroatoms. The highest BCUT2D eigenvalue weighted by Crippen LogP contribution is 2.22. The zero-order valence-corrected chi connectivity index (χ0v) is 23.2. The van der Waals surface area contributed by atoms with E-state index < -0.39 is 6.04 Å². The smallest absolute Gasteiger partial charge is 0.243 e. The van der Waals surface area contributed by atoms with Crippen molar-refractivity contribution >= 4 is 23.4 Å². The van der Waals surface area contributed by atoms with Gasteiger partial charge in [0, 0.05) is 30.5 Å². The molecule has 1 N–H and O–H groups in total. The largest absolute Gasteiger partial charge is 0.497 e. The van der Waals surface area contributed by atoms with Crippen molar-refractivity contribution in [2.75, 3.05) is 13.7 Å². The highest BCUT2D eigenvalue weighted by atomic mass is 35.5. The first kappa shape index (κ1) is 28.5. The maximum absolute atomic E-state index is 13.7. The summed E-state index contributed by atoms with van der Waals surface area (Å²) in [7, 11) is 1.62. The van der Waals surface area contributed by atoms with Gasteiger partial charge in [0.1, 0.15) is 17.5 Å². The quantitative estimate of drug-likeness (QED) is 0.258. The number of hydrogen-bond donors (Lipinski definition) is 1. The molecule has 0 saturated heterocycles. The highest BCUT2D eigenvalue weighted by Gasteiger charge is 2.32. The van der Waals surface area contributed by atoms with Gasteiger partial charge in [-0.1, -0.05) is 66.9 Å². The minimum Gasteiger partial charge on any atom is -0.497 e. The lowest BCUT2D eigenvalue weighted by atomic mass is 10.0. The first-order chi connectivity index (χ1) is 19.0. The van der Waals surface area contributed by atoms with Crippen LogP contribution in [0.3, 0.4) is 0 Å². The van der Waals surface area contributed by atoms with Gasteiger partial charge in [-0.05, 0) is 66.8 Å². The number of hydrogen-bond acceptors (Lipinski definition) is 4. The van der Waals surface area contributed by atoms with Crippen molar-refractivity contribution in [2.45, 2.75) is 63.6 Å². The zero-order valence-electron chi connectivity index (χ0n) is 22.5. The van der Waals surface area contributed by atoms with Gasteiger partial charge in [0.2, 0.25) is 11.8 Å².